The molecule has 6 nitrogen and oxygen atoms in total. The van der Waals surface area contributed by atoms with E-state index in [4.69, 9.17) is 23.2 Å². The summed E-state index contributed by atoms with van der Waals surface area (Å²) in [5.41, 5.74) is 1.58. The lowest BCUT2D eigenvalue weighted by molar-refractivity contribution is -0.131. The van der Waals surface area contributed by atoms with Crippen LogP contribution in [0.25, 0.3) is 0 Å². The molecule has 9 heteroatoms. The highest BCUT2D eigenvalue weighted by Crippen LogP contribution is 2.27. The molecule has 2 aromatic rings. The largest absolute Gasteiger partial charge is 0.337 e. The van der Waals surface area contributed by atoms with Gasteiger partial charge in [-0.05, 0) is 67.7 Å². The number of likely N-dealkylation sites (tertiary alicyclic amines) is 1. The predicted octanol–water partition coefficient (Wildman–Crippen LogP) is 4.91. The van der Waals surface area contributed by atoms with Crippen molar-refractivity contribution >= 4 is 39.1 Å². The van der Waals surface area contributed by atoms with Gasteiger partial charge in [0.05, 0.1) is 27.4 Å². The molecule has 1 heterocycles. The van der Waals surface area contributed by atoms with Crippen LogP contribution in [0.5, 0.6) is 0 Å². The fraction of sp³-hybridized carbons (Fsp3) is 0.480. The smallest absolute Gasteiger partial charge is 0.240 e. The Balaban J connectivity index is 1.85. The molecule has 1 aliphatic heterocycles. The maximum absolute atomic E-state index is 13.3. The molecule has 2 aromatic carbocycles. The molecule has 0 bridgehead atoms. The molecule has 0 unspecified atom stereocenters. The molecule has 1 saturated heterocycles. The van der Waals surface area contributed by atoms with Gasteiger partial charge in [0, 0.05) is 20.1 Å². The van der Waals surface area contributed by atoms with Crippen LogP contribution in [-0.4, -0.2) is 57.4 Å². The second-order valence-electron chi connectivity index (χ2n) is 8.78. The van der Waals surface area contributed by atoms with Gasteiger partial charge in [-0.1, -0.05) is 54.7 Å². The van der Waals surface area contributed by atoms with E-state index in [1.165, 1.54) is 0 Å². The molecule has 1 N–H and O–H groups in total. The van der Waals surface area contributed by atoms with Gasteiger partial charge in [0.25, 0.3) is 0 Å². The standard InChI is InChI=1S/C25H33Cl2N3O3S/c1-3-4-12-28-34(32,33)21-9-7-8-20(17-21)24(18-30-13-5-6-14-30)29(2)25(31)16-19-10-11-22(26)23(27)15-19/h7-11,15,17,24,28H,3-6,12-14,16,18H2,1-2H3/t24-/m1/s1. The zero-order valence-electron chi connectivity index (χ0n) is 19.8. The minimum Gasteiger partial charge on any atom is -0.337 e. The number of nitrogens with one attached hydrogen (secondary N) is 1. The minimum atomic E-state index is -3.61. The maximum atomic E-state index is 13.3. The predicted molar refractivity (Wildman–Crippen MR) is 138 cm³/mol. The number of unbranched alkanes of at least 4 members (excludes halogenated alkanes) is 1. The van der Waals surface area contributed by atoms with Crippen molar-refractivity contribution in [3.63, 3.8) is 0 Å². The van der Waals surface area contributed by atoms with Crippen molar-refractivity contribution in [2.45, 2.75) is 50.0 Å². The normalized spacial score (nSPS) is 15.4. The summed E-state index contributed by atoms with van der Waals surface area (Å²) in [6, 6.07) is 11.9. The fourth-order valence-electron chi connectivity index (χ4n) is 4.14. The molecule has 1 fully saturated rings. The molecule has 0 radical (unpaired) electrons. The molecule has 0 aliphatic carbocycles. The minimum absolute atomic E-state index is 0.0723. The molecule has 1 amide bonds. The lowest BCUT2D eigenvalue weighted by atomic mass is 10.0. The third-order valence-electron chi connectivity index (χ3n) is 6.21. The van der Waals surface area contributed by atoms with Crippen LogP contribution in [0.1, 0.15) is 49.8 Å². The molecule has 1 aliphatic rings. The summed E-state index contributed by atoms with van der Waals surface area (Å²) >= 11 is 12.1. The Morgan fingerprint density at radius 2 is 1.85 bits per heavy atom. The van der Waals surface area contributed by atoms with Crippen LogP contribution in [0.2, 0.25) is 10.0 Å². The molecule has 0 spiro atoms. The van der Waals surface area contributed by atoms with Crippen molar-refractivity contribution in [3.05, 3.63) is 63.6 Å². The van der Waals surface area contributed by atoms with E-state index >= 15 is 0 Å². The second-order valence-corrected chi connectivity index (χ2v) is 11.4. The van der Waals surface area contributed by atoms with Gasteiger partial charge in [-0.2, -0.15) is 0 Å². The quantitative estimate of drug-likeness (QED) is 0.423. The van der Waals surface area contributed by atoms with Crippen molar-refractivity contribution in [2.75, 3.05) is 33.2 Å². The van der Waals surface area contributed by atoms with E-state index < -0.39 is 10.0 Å². The summed E-state index contributed by atoms with van der Waals surface area (Å²) in [6.45, 7) is 5.02. The lowest BCUT2D eigenvalue weighted by Crippen LogP contribution is -2.39. The van der Waals surface area contributed by atoms with E-state index in [1.54, 1.807) is 48.3 Å². The van der Waals surface area contributed by atoms with Crippen LogP contribution in [0.3, 0.4) is 0 Å². The number of likely N-dealkylation sites (N-methyl/N-ethyl adjacent to an activating group) is 1. The van der Waals surface area contributed by atoms with Crippen LogP contribution in [0, 0.1) is 0 Å². The zero-order valence-corrected chi connectivity index (χ0v) is 22.1. The van der Waals surface area contributed by atoms with Gasteiger partial charge in [-0.3, -0.25) is 4.79 Å². The molecule has 186 valence electrons. The topological polar surface area (TPSA) is 69.7 Å². The van der Waals surface area contributed by atoms with E-state index in [2.05, 4.69) is 9.62 Å². The Morgan fingerprint density at radius 3 is 2.53 bits per heavy atom. The van der Waals surface area contributed by atoms with Crippen molar-refractivity contribution in [1.82, 2.24) is 14.5 Å². The lowest BCUT2D eigenvalue weighted by Gasteiger charge is -2.32. The molecule has 3 rings (SSSR count). The number of hydrogen-bond donors (Lipinski definition) is 1. The molecule has 0 aromatic heterocycles. The third-order valence-corrected chi connectivity index (χ3v) is 8.40. The Labute approximate surface area is 213 Å². The summed E-state index contributed by atoms with van der Waals surface area (Å²) in [7, 11) is -1.83. The van der Waals surface area contributed by atoms with E-state index in [0.717, 1.165) is 49.9 Å². The number of rotatable bonds is 11. The maximum Gasteiger partial charge on any atom is 0.240 e. The monoisotopic (exact) mass is 525 g/mol. The number of benzene rings is 2. The Hall–Kier alpha value is -1.64. The van der Waals surface area contributed by atoms with Gasteiger partial charge in [0.15, 0.2) is 0 Å². The van der Waals surface area contributed by atoms with Crippen LogP contribution in [-0.2, 0) is 21.2 Å². The number of halogens is 2. The Kier molecular flexibility index (Phi) is 9.80. The van der Waals surface area contributed by atoms with Crippen LogP contribution < -0.4 is 4.72 Å². The highest BCUT2D eigenvalue weighted by molar-refractivity contribution is 7.89. The van der Waals surface area contributed by atoms with Crippen LogP contribution >= 0.6 is 23.2 Å². The molecule has 0 saturated carbocycles. The van der Waals surface area contributed by atoms with Gasteiger partial charge in [0.2, 0.25) is 15.9 Å². The van der Waals surface area contributed by atoms with Crippen LogP contribution in [0.15, 0.2) is 47.4 Å². The van der Waals surface area contributed by atoms with E-state index in [0.29, 0.717) is 23.1 Å². The van der Waals surface area contributed by atoms with E-state index in [-0.39, 0.29) is 23.3 Å². The fourth-order valence-corrected chi connectivity index (χ4v) is 5.59. The van der Waals surface area contributed by atoms with Crippen molar-refractivity contribution in [2.24, 2.45) is 0 Å². The van der Waals surface area contributed by atoms with Gasteiger partial charge >= 0.3 is 0 Å². The van der Waals surface area contributed by atoms with Gasteiger partial charge in [0.1, 0.15) is 0 Å². The highest BCUT2D eigenvalue weighted by atomic mass is 35.5. The second kappa shape index (κ2) is 12.4. The molecule has 1 atom stereocenters. The van der Waals surface area contributed by atoms with Crippen LogP contribution in [0.4, 0.5) is 0 Å². The number of sulfonamides is 1. The van der Waals surface area contributed by atoms with Crippen molar-refractivity contribution in [1.29, 1.82) is 0 Å². The molecular weight excluding hydrogens is 493 g/mol. The first kappa shape index (κ1) is 27.0. The Bertz CT molecular complexity index is 1090. The molecular formula is C25H33Cl2N3O3S. The Morgan fingerprint density at radius 1 is 1.12 bits per heavy atom. The SMILES string of the molecule is CCCCNS(=O)(=O)c1cccc([C@@H](CN2CCCC2)N(C)C(=O)Cc2ccc(Cl)c(Cl)c2)c1. The van der Waals surface area contributed by atoms with Gasteiger partial charge in [-0.25, -0.2) is 13.1 Å². The third kappa shape index (κ3) is 7.18. The van der Waals surface area contributed by atoms with Gasteiger partial charge < -0.3 is 9.80 Å². The summed E-state index contributed by atoms with van der Waals surface area (Å²) in [5, 5.41) is 0.861. The van der Waals surface area contributed by atoms with E-state index in [1.807, 2.05) is 13.0 Å². The first-order chi connectivity index (χ1) is 16.2. The number of carbonyl (C=O) groups is 1. The average molecular weight is 527 g/mol. The van der Waals surface area contributed by atoms with Crippen molar-refractivity contribution in [3.8, 4) is 0 Å². The first-order valence-electron chi connectivity index (χ1n) is 11.7. The first-order valence-corrected chi connectivity index (χ1v) is 14.0. The summed E-state index contributed by atoms with van der Waals surface area (Å²) in [4.78, 5) is 17.5. The number of hydrogen-bond acceptors (Lipinski definition) is 4. The summed E-state index contributed by atoms with van der Waals surface area (Å²) in [6.07, 6.45) is 4.13. The number of amides is 1. The molecule has 34 heavy (non-hydrogen) atoms. The number of carbonyl (C=O) groups excluding carboxylic acids is 1. The number of nitrogens with zero attached hydrogens (tertiary/aromatic N) is 2. The average Bonchev–Trinajstić information content (AvgIpc) is 3.33. The summed E-state index contributed by atoms with van der Waals surface area (Å²) < 4.78 is 28.3. The van der Waals surface area contributed by atoms with Crippen molar-refractivity contribution < 1.29 is 13.2 Å². The zero-order chi connectivity index (χ0) is 24.7. The van der Waals surface area contributed by atoms with E-state index in [9.17, 15) is 13.2 Å². The van der Waals surface area contributed by atoms with Gasteiger partial charge in [-0.15, -0.1) is 0 Å². The highest BCUT2D eigenvalue weighted by Gasteiger charge is 2.27. The summed E-state index contributed by atoms with van der Waals surface area (Å²) in [5.74, 6) is -0.0723.